The Hall–Kier alpha value is -1.69. The fourth-order valence-electron chi connectivity index (χ4n) is 2.18. The number of hydrogen-bond donors (Lipinski definition) is 2. The quantitative estimate of drug-likeness (QED) is 0.911. The highest BCUT2D eigenvalue weighted by Crippen LogP contribution is 2.28. The van der Waals surface area contributed by atoms with Gasteiger partial charge in [-0.2, -0.15) is 0 Å². The lowest BCUT2D eigenvalue weighted by Crippen LogP contribution is -2.37. The Bertz CT molecular complexity index is 734. The third kappa shape index (κ3) is 3.94. The Morgan fingerprint density at radius 1 is 1.36 bits per heavy atom. The molecule has 0 spiro atoms. The molecule has 3 rings (SSSR count). The van der Waals surface area contributed by atoms with Gasteiger partial charge in [-0.1, -0.05) is 23.9 Å². The molecule has 1 aromatic carbocycles. The summed E-state index contributed by atoms with van der Waals surface area (Å²) in [6.45, 7) is 4.07. The van der Waals surface area contributed by atoms with Crippen molar-refractivity contribution in [3.63, 3.8) is 0 Å². The minimum Gasteiger partial charge on any atom is -0.389 e. The van der Waals surface area contributed by atoms with Gasteiger partial charge in [0.1, 0.15) is 0 Å². The summed E-state index contributed by atoms with van der Waals surface area (Å²) >= 11 is 1.65. The number of benzene rings is 1. The van der Waals surface area contributed by atoms with Crippen LogP contribution in [0.1, 0.15) is 19.4 Å². The smallest absolute Gasteiger partial charge is 0.151 e. The van der Waals surface area contributed by atoms with Gasteiger partial charge in [-0.05, 0) is 43.7 Å². The van der Waals surface area contributed by atoms with E-state index in [0.29, 0.717) is 6.54 Å². The van der Waals surface area contributed by atoms with Gasteiger partial charge in [0.2, 0.25) is 0 Å². The van der Waals surface area contributed by atoms with E-state index < -0.39 is 5.60 Å². The molecule has 2 aromatic rings. The van der Waals surface area contributed by atoms with Crippen LogP contribution in [-0.2, 0) is 0 Å². The molecule has 22 heavy (non-hydrogen) atoms. The van der Waals surface area contributed by atoms with E-state index in [1.165, 1.54) is 0 Å². The van der Waals surface area contributed by atoms with E-state index in [1.807, 2.05) is 18.3 Å². The van der Waals surface area contributed by atoms with E-state index in [0.717, 1.165) is 21.4 Å². The molecule has 4 nitrogen and oxygen atoms in total. The number of rotatable bonds is 4. The third-order valence-corrected chi connectivity index (χ3v) is 4.24. The van der Waals surface area contributed by atoms with Crippen molar-refractivity contribution in [2.75, 3.05) is 6.54 Å². The first-order valence-electron chi connectivity index (χ1n) is 7.22. The molecule has 1 aliphatic rings. The molecule has 0 saturated heterocycles. The minimum absolute atomic E-state index is 0.0280. The first kappa shape index (κ1) is 15.2. The Morgan fingerprint density at radius 3 is 3.05 bits per heavy atom. The zero-order valence-electron chi connectivity index (χ0n) is 12.7. The van der Waals surface area contributed by atoms with Crippen LogP contribution >= 0.6 is 11.8 Å². The minimum atomic E-state index is -0.728. The molecule has 1 aliphatic heterocycles. The fourth-order valence-corrected chi connectivity index (χ4v) is 3.05. The first-order valence-corrected chi connectivity index (χ1v) is 8.10. The van der Waals surface area contributed by atoms with E-state index in [4.69, 9.17) is 0 Å². The van der Waals surface area contributed by atoms with Gasteiger partial charge in [0.05, 0.1) is 11.1 Å². The van der Waals surface area contributed by atoms with Crippen LogP contribution in [0.25, 0.3) is 17.0 Å². The van der Waals surface area contributed by atoms with E-state index in [1.54, 1.807) is 31.8 Å². The maximum Gasteiger partial charge on any atom is 0.151 e. The predicted octanol–water partition coefficient (Wildman–Crippen LogP) is 3.04. The SMILES string of the molecule is CC(C)(O)CNC1N=C/C(=C/c2ccc3ncccc3c2)S1. The molecular weight excluding hydrogens is 294 g/mol. The van der Waals surface area contributed by atoms with Crippen molar-refractivity contribution < 1.29 is 5.11 Å². The molecule has 0 amide bonds. The lowest BCUT2D eigenvalue weighted by Gasteiger charge is -2.19. The monoisotopic (exact) mass is 313 g/mol. The van der Waals surface area contributed by atoms with E-state index >= 15 is 0 Å². The second kappa shape index (κ2) is 6.20. The first-order chi connectivity index (χ1) is 10.5. The standard InChI is InChI=1S/C17H19N3OS/c1-17(2,21)11-20-16-19-10-14(22-16)9-12-5-6-15-13(8-12)4-3-7-18-15/h3-10,16,20-21H,11H2,1-2H3/b14-9-. The van der Waals surface area contributed by atoms with Crippen molar-refractivity contribution in [1.29, 1.82) is 0 Å². The highest BCUT2D eigenvalue weighted by atomic mass is 32.2. The van der Waals surface area contributed by atoms with Crippen molar-refractivity contribution >= 4 is 35.0 Å². The van der Waals surface area contributed by atoms with Crippen LogP contribution in [0.3, 0.4) is 0 Å². The van der Waals surface area contributed by atoms with Crippen molar-refractivity contribution in [3.05, 3.63) is 47.0 Å². The van der Waals surface area contributed by atoms with Gasteiger partial charge in [-0.3, -0.25) is 15.3 Å². The van der Waals surface area contributed by atoms with Gasteiger partial charge < -0.3 is 5.11 Å². The van der Waals surface area contributed by atoms with Gasteiger partial charge in [-0.25, -0.2) is 0 Å². The van der Waals surface area contributed by atoms with Gasteiger partial charge in [0, 0.05) is 29.2 Å². The Balaban J connectivity index is 1.69. The Labute approximate surface area is 134 Å². The predicted molar refractivity (Wildman–Crippen MR) is 93.9 cm³/mol. The number of nitrogens with one attached hydrogen (secondary N) is 1. The number of allylic oxidation sites excluding steroid dienone is 1. The van der Waals surface area contributed by atoms with Crippen LogP contribution in [0.4, 0.5) is 0 Å². The summed E-state index contributed by atoms with van der Waals surface area (Å²) in [5, 5.41) is 14.1. The van der Waals surface area contributed by atoms with E-state index in [2.05, 4.69) is 39.6 Å². The van der Waals surface area contributed by atoms with Gasteiger partial charge in [0.15, 0.2) is 5.50 Å². The third-order valence-electron chi connectivity index (χ3n) is 3.23. The second-order valence-electron chi connectivity index (χ2n) is 5.94. The highest BCUT2D eigenvalue weighted by molar-refractivity contribution is 8.04. The molecule has 1 atom stereocenters. The number of hydrogen-bond acceptors (Lipinski definition) is 5. The molecule has 5 heteroatoms. The van der Waals surface area contributed by atoms with Gasteiger partial charge >= 0.3 is 0 Å². The number of pyridine rings is 1. The molecule has 0 bridgehead atoms. The molecule has 2 N–H and O–H groups in total. The molecule has 0 radical (unpaired) electrons. The molecule has 0 saturated carbocycles. The van der Waals surface area contributed by atoms with Crippen LogP contribution in [0, 0.1) is 0 Å². The Morgan fingerprint density at radius 2 is 2.23 bits per heavy atom. The molecule has 0 fully saturated rings. The highest BCUT2D eigenvalue weighted by Gasteiger charge is 2.19. The largest absolute Gasteiger partial charge is 0.389 e. The van der Waals surface area contributed by atoms with Gasteiger partial charge in [-0.15, -0.1) is 0 Å². The van der Waals surface area contributed by atoms with Crippen LogP contribution in [-0.4, -0.2) is 33.9 Å². The second-order valence-corrected chi connectivity index (χ2v) is 7.10. The summed E-state index contributed by atoms with van der Waals surface area (Å²) in [5.41, 5.74) is 1.38. The van der Waals surface area contributed by atoms with E-state index in [-0.39, 0.29) is 5.50 Å². The van der Waals surface area contributed by atoms with E-state index in [9.17, 15) is 5.11 Å². The lowest BCUT2D eigenvalue weighted by molar-refractivity contribution is 0.0794. The summed E-state index contributed by atoms with van der Waals surface area (Å²) in [7, 11) is 0. The summed E-state index contributed by atoms with van der Waals surface area (Å²) in [4.78, 5) is 9.85. The molecule has 0 aliphatic carbocycles. The number of aliphatic imine (C=N–C) groups is 1. The van der Waals surface area contributed by atoms with Crippen molar-refractivity contribution in [3.8, 4) is 0 Å². The van der Waals surface area contributed by atoms with Crippen molar-refractivity contribution in [2.24, 2.45) is 4.99 Å². The average molecular weight is 313 g/mol. The number of fused-ring (bicyclic) bond motifs is 1. The lowest BCUT2D eigenvalue weighted by atomic mass is 10.1. The number of aliphatic hydroxyl groups is 1. The van der Waals surface area contributed by atoms with Crippen LogP contribution in [0.15, 0.2) is 46.4 Å². The summed E-state index contributed by atoms with van der Waals surface area (Å²) in [6.07, 6.45) is 5.80. The maximum atomic E-state index is 9.74. The maximum absolute atomic E-state index is 9.74. The van der Waals surface area contributed by atoms with Gasteiger partial charge in [0.25, 0.3) is 0 Å². The molecule has 2 heterocycles. The zero-order chi connectivity index (χ0) is 15.6. The fraction of sp³-hybridized carbons (Fsp3) is 0.294. The van der Waals surface area contributed by atoms with Crippen molar-refractivity contribution in [2.45, 2.75) is 24.9 Å². The number of thioether (sulfide) groups is 1. The molecule has 114 valence electrons. The summed E-state index contributed by atoms with van der Waals surface area (Å²) in [5.74, 6) is 0. The average Bonchev–Trinajstić information content (AvgIpc) is 2.92. The van der Waals surface area contributed by atoms with Crippen LogP contribution in [0.2, 0.25) is 0 Å². The number of nitrogens with zero attached hydrogens (tertiary/aromatic N) is 2. The Kier molecular flexibility index (Phi) is 4.29. The molecule has 1 unspecified atom stereocenters. The van der Waals surface area contributed by atoms with Crippen molar-refractivity contribution in [1.82, 2.24) is 10.3 Å². The van der Waals surface area contributed by atoms with Crippen LogP contribution in [0.5, 0.6) is 0 Å². The number of aromatic nitrogens is 1. The summed E-state index contributed by atoms with van der Waals surface area (Å²) < 4.78 is 0. The molecular formula is C17H19N3OS. The normalized spacial score (nSPS) is 20.1. The van der Waals surface area contributed by atoms with Crippen LogP contribution < -0.4 is 5.32 Å². The summed E-state index contributed by atoms with van der Waals surface area (Å²) in [6, 6.07) is 10.2. The zero-order valence-corrected chi connectivity index (χ0v) is 13.5. The molecule has 1 aromatic heterocycles. The topological polar surface area (TPSA) is 57.5 Å².